The number of furan rings is 1. The maximum absolute atomic E-state index is 12.8. The molecule has 0 fully saturated rings. The van der Waals surface area contributed by atoms with E-state index in [0.717, 1.165) is 26.6 Å². The summed E-state index contributed by atoms with van der Waals surface area (Å²) in [6, 6.07) is 22.5. The maximum atomic E-state index is 12.8. The fraction of sp³-hybridized carbons (Fsp3) is 0.120. The molecule has 0 aliphatic rings. The van der Waals surface area contributed by atoms with E-state index in [2.05, 4.69) is 10.6 Å². The largest absolute Gasteiger partial charge is 0.456 e. The molecule has 2 N–H and O–H groups in total. The molecular weight excluding hydrogens is 454 g/mol. The van der Waals surface area contributed by atoms with Crippen molar-refractivity contribution in [3.8, 4) is 11.3 Å². The highest BCUT2D eigenvalue weighted by molar-refractivity contribution is 7.89. The van der Waals surface area contributed by atoms with Gasteiger partial charge < -0.3 is 15.1 Å². The van der Waals surface area contributed by atoms with Crippen LogP contribution in [0.25, 0.3) is 22.3 Å². The predicted molar refractivity (Wildman–Crippen MR) is 131 cm³/mol. The molecule has 9 heteroatoms. The highest BCUT2D eigenvalue weighted by atomic mass is 32.2. The zero-order valence-corrected chi connectivity index (χ0v) is 19.4. The van der Waals surface area contributed by atoms with E-state index in [9.17, 15) is 18.0 Å². The van der Waals surface area contributed by atoms with Crippen LogP contribution in [-0.2, 0) is 19.6 Å². The first kappa shape index (κ1) is 23.2. The maximum Gasteiger partial charge on any atom is 0.243 e. The van der Waals surface area contributed by atoms with Gasteiger partial charge in [-0.05, 0) is 60.7 Å². The average molecular weight is 478 g/mol. The number of nitrogens with zero attached hydrogens (tertiary/aromatic N) is 1. The molecule has 174 valence electrons. The molecule has 0 radical (unpaired) electrons. The molecule has 8 nitrogen and oxygen atoms in total. The smallest absolute Gasteiger partial charge is 0.243 e. The van der Waals surface area contributed by atoms with Gasteiger partial charge in [-0.15, -0.1) is 0 Å². The van der Waals surface area contributed by atoms with Crippen LogP contribution in [0.4, 0.5) is 11.4 Å². The fourth-order valence-electron chi connectivity index (χ4n) is 3.42. The van der Waals surface area contributed by atoms with E-state index in [0.29, 0.717) is 11.4 Å². The number of rotatable bonds is 7. The van der Waals surface area contributed by atoms with E-state index in [1.807, 2.05) is 42.5 Å². The molecule has 0 saturated carbocycles. The molecule has 0 aliphatic heterocycles. The molecule has 3 aromatic carbocycles. The summed E-state index contributed by atoms with van der Waals surface area (Å²) in [5.41, 5.74) is 2.67. The van der Waals surface area contributed by atoms with Gasteiger partial charge in [0.15, 0.2) is 0 Å². The summed E-state index contributed by atoms with van der Waals surface area (Å²) in [4.78, 5) is 23.6. The molecule has 0 aliphatic carbocycles. The van der Waals surface area contributed by atoms with Crippen molar-refractivity contribution in [3.63, 3.8) is 0 Å². The zero-order valence-electron chi connectivity index (χ0n) is 18.6. The second kappa shape index (κ2) is 9.50. The molecule has 34 heavy (non-hydrogen) atoms. The van der Waals surface area contributed by atoms with Gasteiger partial charge in [0.05, 0.1) is 11.4 Å². The van der Waals surface area contributed by atoms with E-state index < -0.39 is 15.9 Å². The number of fused-ring (bicyclic) bond motifs is 1. The second-order valence-corrected chi connectivity index (χ2v) is 9.79. The Hall–Kier alpha value is -3.95. The third-order valence-electron chi connectivity index (χ3n) is 5.13. The lowest BCUT2D eigenvalue weighted by Gasteiger charge is -2.17. The van der Waals surface area contributed by atoms with E-state index in [4.69, 9.17) is 4.42 Å². The normalized spacial score (nSPS) is 11.5. The second-order valence-electron chi connectivity index (χ2n) is 7.74. The number of anilines is 2. The third kappa shape index (κ3) is 5.16. The number of hydrogen-bond acceptors (Lipinski definition) is 5. The van der Waals surface area contributed by atoms with Crippen molar-refractivity contribution in [2.24, 2.45) is 0 Å². The van der Waals surface area contributed by atoms with Crippen LogP contribution in [0.1, 0.15) is 6.92 Å². The van der Waals surface area contributed by atoms with Crippen LogP contribution in [-0.4, -0.2) is 38.1 Å². The molecule has 0 bridgehead atoms. The van der Waals surface area contributed by atoms with Crippen LogP contribution in [0.2, 0.25) is 0 Å². The van der Waals surface area contributed by atoms with Crippen molar-refractivity contribution in [1.29, 1.82) is 0 Å². The first-order valence-corrected chi connectivity index (χ1v) is 11.9. The number of likely N-dealkylation sites (N-methyl/N-ethyl adjacent to an activating group) is 1. The number of hydrogen-bond donors (Lipinski definition) is 2. The van der Waals surface area contributed by atoms with Crippen molar-refractivity contribution in [1.82, 2.24) is 4.31 Å². The Bertz CT molecular complexity index is 1410. The van der Waals surface area contributed by atoms with Crippen molar-refractivity contribution in [2.45, 2.75) is 11.8 Å². The van der Waals surface area contributed by atoms with Crippen molar-refractivity contribution < 1.29 is 22.4 Å². The van der Waals surface area contributed by atoms with Crippen LogP contribution in [0.15, 0.2) is 88.2 Å². The summed E-state index contributed by atoms with van der Waals surface area (Å²) in [5, 5.41) is 6.29. The Morgan fingerprint density at radius 2 is 1.50 bits per heavy atom. The lowest BCUT2D eigenvalue weighted by molar-refractivity contribution is -0.116. The lowest BCUT2D eigenvalue weighted by Crippen LogP contribution is -2.34. The van der Waals surface area contributed by atoms with Crippen molar-refractivity contribution in [3.05, 3.63) is 78.9 Å². The minimum absolute atomic E-state index is 0.0205. The van der Waals surface area contributed by atoms with Gasteiger partial charge >= 0.3 is 0 Å². The average Bonchev–Trinajstić information content (AvgIpc) is 3.24. The summed E-state index contributed by atoms with van der Waals surface area (Å²) >= 11 is 0. The molecule has 4 aromatic rings. The Morgan fingerprint density at radius 1 is 0.882 bits per heavy atom. The lowest BCUT2D eigenvalue weighted by atomic mass is 10.1. The van der Waals surface area contributed by atoms with Crippen LogP contribution in [0, 0.1) is 0 Å². The number of benzene rings is 3. The first-order valence-electron chi connectivity index (χ1n) is 10.5. The van der Waals surface area contributed by atoms with Crippen LogP contribution in [0.3, 0.4) is 0 Å². The summed E-state index contributed by atoms with van der Waals surface area (Å²) in [5.74, 6) is -0.0122. The molecule has 4 rings (SSSR count). The number of nitrogens with one attached hydrogen (secondary N) is 2. The van der Waals surface area contributed by atoms with Gasteiger partial charge in [0.1, 0.15) is 11.3 Å². The quantitative estimate of drug-likeness (QED) is 0.412. The molecule has 2 amide bonds. The number of carbonyl (C=O) groups is 2. The topological polar surface area (TPSA) is 109 Å². The summed E-state index contributed by atoms with van der Waals surface area (Å²) < 4.78 is 32.4. The molecule has 1 aromatic heterocycles. The minimum atomic E-state index is -3.88. The van der Waals surface area contributed by atoms with Crippen LogP contribution < -0.4 is 10.6 Å². The molecule has 0 spiro atoms. The SMILES string of the molecule is CC(=O)Nc1ccc(S(=O)(=O)N(C)CC(=O)Nc2ccc(-c3cc4ccccc4o3)cc2)cc1. The number of amides is 2. The summed E-state index contributed by atoms with van der Waals surface area (Å²) in [6.07, 6.45) is 0. The van der Waals surface area contributed by atoms with E-state index in [-0.39, 0.29) is 17.3 Å². The highest BCUT2D eigenvalue weighted by Crippen LogP contribution is 2.28. The molecule has 0 atom stereocenters. The van der Waals surface area contributed by atoms with Gasteiger partial charge in [-0.25, -0.2) is 8.42 Å². The van der Waals surface area contributed by atoms with E-state index >= 15 is 0 Å². The molecule has 1 heterocycles. The Morgan fingerprint density at radius 3 is 2.15 bits per heavy atom. The van der Waals surface area contributed by atoms with Gasteiger partial charge in [-0.3, -0.25) is 9.59 Å². The summed E-state index contributed by atoms with van der Waals surface area (Å²) in [7, 11) is -2.55. The van der Waals surface area contributed by atoms with Gasteiger partial charge in [0.2, 0.25) is 21.8 Å². The third-order valence-corrected chi connectivity index (χ3v) is 6.95. The minimum Gasteiger partial charge on any atom is -0.456 e. The zero-order chi connectivity index (χ0) is 24.3. The predicted octanol–water partition coefficient (Wildman–Crippen LogP) is 4.32. The fourth-order valence-corrected chi connectivity index (χ4v) is 4.55. The van der Waals surface area contributed by atoms with Gasteiger partial charge in [0.25, 0.3) is 0 Å². The Labute approximate surface area is 197 Å². The standard InChI is InChI=1S/C25H23N3O5S/c1-17(29)26-20-11-13-22(14-12-20)34(31,32)28(2)16-25(30)27-21-9-7-18(8-10-21)24-15-19-5-3-4-6-23(19)33-24/h3-15H,16H2,1-2H3,(H,26,29)(H,27,30). The molecule has 0 saturated heterocycles. The van der Waals surface area contributed by atoms with Gasteiger partial charge in [-0.2, -0.15) is 4.31 Å². The molecule has 0 unspecified atom stereocenters. The number of sulfonamides is 1. The van der Waals surface area contributed by atoms with Crippen molar-refractivity contribution >= 4 is 44.2 Å². The Kier molecular flexibility index (Phi) is 6.49. The van der Waals surface area contributed by atoms with E-state index in [1.54, 1.807) is 12.1 Å². The van der Waals surface area contributed by atoms with Crippen LogP contribution >= 0.6 is 0 Å². The highest BCUT2D eigenvalue weighted by Gasteiger charge is 2.23. The monoisotopic (exact) mass is 477 g/mol. The van der Waals surface area contributed by atoms with Gasteiger partial charge in [-0.1, -0.05) is 18.2 Å². The number of para-hydroxylation sites is 1. The summed E-state index contributed by atoms with van der Waals surface area (Å²) in [6.45, 7) is 1.00. The van der Waals surface area contributed by atoms with Gasteiger partial charge in [0, 0.05) is 36.3 Å². The van der Waals surface area contributed by atoms with E-state index in [1.165, 1.54) is 38.2 Å². The first-order chi connectivity index (χ1) is 16.2. The number of carbonyl (C=O) groups excluding carboxylic acids is 2. The Balaban J connectivity index is 1.39. The molecular formula is C25H23N3O5S. The van der Waals surface area contributed by atoms with Crippen LogP contribution in [0.5, 0.6) is 0 Å². The van der Waals surface area contributed by atoms with Crippen molar-refractivity contribution in [2.75, 3.05) is 24.2 Å².